The molecule has 11 heteroatoms. The monoisotopic (exact) mass is 450 g/mol. The summed E-state index contributed by atoms with van der Waals surface area (Å²) >= 11 is 0. The number of ether oxygens (including phenoxy) is 2. The van der Waals surface area contributed by atoms with Gasteiger partial charge in [0, 0.05) is 18.3 Å². The van der Waals surface area contributed by atoms with Crippen LogP contribution in [0, 0.1) is 0 Å². The number of anilines is 1. The molecule has 0 radical (unpaired) electrons. The summed E-state index contributed by atoms with van der Waals surface area (Å²) in [7, 11) is -1.18. The molecule has 1 saturated heterocycles. The molecule has 1 fully saturated rings. The van der Waals surface area contributed by atoms with Crippen molar-refractivity contribution < 1.29 is 37.7 Å². The quantitative estimate of drug-likeness (QED) is 0.543. The number of hydrogen-bond donors (Lipinski definition) is 3. The van der Waals surface area contributed by atoms with Crippen molar-refractivity contribution in [3.8, 4) is 17.2 Å². The zero-order valence-electron chi connectivity index (χ0n) is 16.9. The number of nitrogens with one attached hydrogen (secondary N) is 1. The number of carbonyl (C=O) groups excluding carboxylic acids is 1. The van der Waals surface area contributed by atoms with Crippen LogP contribution >= 0.6 is 0 Å². The highest BCUT2D eigenvalue weighted by atomic mass is 32.2. The van der Waals surface area contributed by atoms with E-state index in [2.05, 4.69) is 5.32 Å². The van der Waals surface area contributed by atoms with Crippen LogP contribution in [-0.4, -0.2) is 61.6 Å². The summed E-state index contributed by atoms with van der Waals surface area (Å²) in [6.07, 6.45) is 0.794. The van der Waals surface area contributed by atoms with Crippen LogP contribution in [0.3, 0.4) is 0 Å². The van der Waals surface area contributed by atoms with E-state index in [0.29, 0.717) is 18.6 Å². The van der Waals surface area contributed by atoms with Crippen molar-refractivity contribution in [2.24, 2.45) is 0 Å². The Labute approximate surface area is 179 Å². The van der Waals surface area contributed by atoms with Crippen LogP contribution in [0.1, 0.15) is 23.2 Å². The van der Waals surface area contributed by atoms with E-state index in [1.165, 1.54) is 38.5 Å². The second-order valence-corrected chi connectivity index (χ2v) is 8.71. The molecule has 1 heterocycles. The first-order valence-electron chi connectivity index (χ1n) is 9.30. The zero-order chi connectivity index (χ0) is 22.8. The molecule has 0 spiro atoms. The van der Waals surface area contributed by atoms with E-state index in [0.717, 1.165) is 16.4 Å². The minimum atomic E-state index is -4.01. The van der Waals surface area contributed by atoms with Crippen molar-refractivity contribution in [1.82, 2.24) is 4.31 Å². The molecule has 1 aliphatic heterocycles. The van der Waals surface area contributed by atoms with Crippen molar-refractivity contribution in [2.45, 2.75) is 23.8 Å². The molecule has 0 aliphatic carbocycles. The van der Waals surface area contributed by atoms with Crippen LogP contribution in [-0.2, 0) is 14.8 Å². The summed E-state index contributed by atoms with van der Waals surface area (Å²) in [5.41, 5.74) is -0.241. The molecule has 2 aromatic rings. The van der Waals surface area contributed by atoms with Gasteiger partial charge in [0.25, 0.3) is 0 Å². The number of aromatic carboxylic acids is 1. The van der Waals surface area contributed by atoms with Gasteiger partial charge in [-0.15, -0.1) is 0 Å². The molecular formula is C20H22N2O8S. The Morgan fingerprint density at radius 2 is 1.81 bits per heavy atom. The predicted octanol–water partition coefficient (Wildman–Crippen LogP) is 1.90. The van der Waals surface area contributed by atoms with E-state index in [4.69, 9.17) is 14.6 Å². The summed E-state index contributed by atoms with van der Waals surface area (Å²) in [6.45, 7) is 0.157. The van der Waals surface area contributed by atoms with Gasteiger partial charge in [0.05, 0.1) is 19.1 Å². The lowest BCUT2D eigenvalue weighted by Gasteiger charge is -2.24. The van der Waals surface area contributed by atoms with Crippen molar-refractivity contribution in [1.29, 1.82) is 0 Å². The lowest BCUT2D eigenvalue weighted by Crippen LogP contribution is -2.43. The third-order valence-electron chi connectivity index (χ3n) is 4.96. The Hall–Kier alpha value is -3.31. The van der Waals surface area contributed by atoms with E-state index in [1.807, 2.05) is 0 Å². The number of hydrogen-bond acceptors (Lipinski definition) is 7. The van der Waals surface area contributed by atoms with Crippen molar-refractivity contribution >= 4 is 27.6 Å². The molecule has 10 nitrogen and oxygen atoms in total. The molecule has 3 N–H and O–H groups in total. The third-order valence-corrected chi connectivity index (χ3v) is 6.87. The number of rotatable bonds is 7. The fourth-order valence-electron chi connectivity index (χ4n) is 3.41. The molecule has 0 bridgehead atoms. The Morgan fingerprint density at radius 1 is 1.10 bits per heavy atom. The number of amides is 1. The summed E-state index contributed by atoms with van der Waals surface area (Å²) in [6, 6.07) is 6.80. The fraction of sp³-hybridized carbons (Fsp3) is 0.300. The second kappa shape index (κ2) is 8.82. The molecule has 1 amide bonds. The maximum atomic E-state index is 13.2. The van der Waals surface area contributed by atoms with Gasteiger partial charge < -0.3 is 25.0 Å². The summed E-state index contributed by atoms with van der Waals surface area (Å²) < 4.78 is 37.8. The van der Waals surface area contributed by atoms with Gasteiger partial charge in [-0.2, -0.15) is 4.31 Å². The molecule has 0 aromatic heterocycles. The maximum Gasteiger partial charge on any atom is 0.339 e. The average Bonchev–Trinajstić information content (AvgIpc) is 3.25. The SMILES string of the molecule is COc1ccc(S(=O)(=O)N2CCCC2C(=O)Nc2ccc(O)c(C(=O)O)c2)cc1OC. The van der Waals surface area contributed by atoms with Crippen molar-refractivity contribution in [3.05, 3.63) is 42.0 Å². The van der Waals surface area contributed by atoms with E-state index < -0.39 is 33.7 Å². The van der Waals surface area contributed by atoms with Crippen LogP contribution in [0.5, 0.6) is 17.2 Å². The smallest absolute Gasteiger partial charge is 0.339 e. The number of methoxy groups -OCH3 is 2. The van der Waals surface area contributed by atoms with Gasteiger partial charge in [-0.25, -0.2) is 13.2 Å². The maximum absolute atomic E-state index is 13.2. The van der Waals surface area contributed by atoms with E-state index in [9.17, 15) is 23.1 Å². The first kappa shape index (κ1) is 22.4. The van der Waals surface area contributed by atoms with Gasteiger partial charge in [0.1, 0.15) is 17.4 Å². The van der Waals surface area contributed by atoms with Gasteiger partial charge in [-0.3, -0.25) is 4.79 Å². The fourth-order valence-corrected chi connectivity index (χ4v) is 5.09. The van der Waals surface area contributed by atoms with Gasteiger partial charge in [-0.1, -0.05) is 0 Å². The molecule has 1 aliphatic rings. The van der Waals surface area contributed by atoms with Crippen LogP contribution in [0.2, 0.25) is 0 Å². The Morgan fingerprint density at radius 3 is 2.45 bits per heavy atom. The highest BCUT2D eigenvalue weighted by Crippen LogP contribution is 2.33. The Balaban J connectivity index is 1.86. The average molecular weight is 450 g/mol. The Kier molecular flexibility index (Phi) is 6.37. The van der Waals surface area contributed by atoms with Crippen LogP contribution in [0.4, 0.5) is 5.69 Å². The number of carboxylic acid groups (broad SMARTS) is 1. The second-order valence-electron chi connectivity index (χ2n) is 6.82. The number of sulfonamides is 1. The number of carboxylic acids is 1. The molecule has 31 heavy (non-hydrogen) atoms. The third kappa shape index (κ3) is 4.42. The predicted molar refractivity (Wildman–Crippen MR) is 110 cm³/mol. The van der Waals surface area contributed by atoms with Crippen LogP contribution < -0.4 is 14.8 Å². The first-order valence-corrected chi connectivity index (χ1v) is 10.7. The number of aromatic hydroxyl groups is 1. The van der Waals surface area contributed by atoms with Crippen LogP contribution in [0.15, 0.2) is 41.3 Å². The molecule has 166 valence electrons. The molecule has 1 atom stereocenters. The number of benzene rings is 2. The van der Waals surface area contributed by atoms with E-state index >= 15 is 0 Å². The highest BCUT2D eigenvalue weighted by molar-refractivity contribution is 7.89. The topological polar surface area (TPSA) is 142 Å². The largest absolute Gasteiger partial charge is 0.507 e. The molecule has 1 unspecified atom stereocenters. The van der Waals surface area contributed by atoms with Gasteiger partial charge in [-0.05, 0) is 43.2 Å². The van der Waals surface area contributed by atoms with Gasteiger partial charge >= 0.3 is 5.97 Å². The lowest BCUT2D eigenvalue weighted by atomic mass is 10.1. The molecule has 2 aromatic carbocycles. The molecule has 0 saturated carbocycles. The van der Waals surface area contributed by atoms with E-state index in [-0.39, 0.29) is 28.4 Å². The number of phenols is 1. The van der Waals surface area contributed by atoms with Crippen molar-refractivity contribution in [2.75, 3.05) is 26.1 Å². The Bertz CT molecular complexity index is 1120. The summed E-state index contributed by atoms with van der Waals surface area (Å²) in [5.74, 6) is -1.77. The zero-order valence-corrected chi connectivity index (χ0v) is 17.7. The normalized spacial score (nSPS) is 16.6. The summed E-state index contributed by atoms with van der Waals surface area (Å²) in [5, 5.41) is 21.3. The standard InChI is InChI=1S/C20H22N2O8S/c1-29-17-8-6-13(11-18(17)30-2)31(27,28)22-9-3-4-15(22)19(24)21-12-5-7-16(23)14(10-12)20(25)26/h5-8,10-11,15,23H,3-4,9H2,1-2H3,(H,21,24)(H,25,26). The number of nitrogens with zero attached hydrogens (tertiary/aromatic N) is 1. The first-order chi connectivity index (χ1) is 14.7. The van der Waals surface area contributed by atoms with Crippen molar-refractivity contribution in [3.63, 3.8) is 0 Å². The van der Waals surface area contributed by atoms with Gasteiger partial charge in [0.2, 0.25) is 15.9 Å². The summed E-state index contributed by atoms with van der Waals surface area (Å²) in [4.78, 5) is 24.0. The van der Waals surface area contributed by atoms with Crippen LogP contribution in [0.25, 0.3) is 0 Å². The number of carbonyl (C=O) groups is 2. The minimum absolute atomic E-state index is 0.0392. The lowest BCUT2D eigenvalue weighted by molar-refractivity contribution is -0.119. The molecular weight excluding hydrogens is 428 g/mol. The van der Waals surface area contributed by atoms with E-state index in [1.54, 1.807) is 0 Å². The highest BCUT2D eigenvalue weighted by Gasteiger charge is 2.39. The minimum Gasteiger partial charge on any atom is -0.507 e. The van der Waals surface area contributed by atoms with Gasteiger partial charge in [0.15, 0.2) is 11.5 Å². The molecule has 3 rings (SSSR count).